The predicted molar refractivity (Wildman–Crippen MR) is 140 cm³/mol. The molecule has 1 heterocycles. The van der Waals surface area contributed by atoms with E-state index in [4.69, 9.17) is 14.2 Å². The smallest absolute Gasteiger partial charge is 0.220 e. The summed E-state index contributed by atoms with van der Waals surface area (Å²) in [5, 5.41) is 3.00. The van der Waals surface area contributed by atoms with Crippen molar-refractivity contribution in [3.8, 4) is 11.5 Å². The highest BCUT2D eigenvalue weighted by Gasteiger charge is 2.18. The fourth-order valence-corrected chi connectivity index (χ4v) is 4.12. The number of nitrogens with one attached hydrogen (secondary N) is 1. The normalized spacial score (nSPS) is 14.7. The maximum absolute atomic E-state index is 12.3. The van der Waals surface area contributed by atoms with Crippen LogP contribution in [0.15, 0.2) is 48.5 Å². The van der Waals surface area contributed by atoms with Crippen molar-refractivity contribution >= 4 is 5.91 Å². The molecule has 35 heavy (non-hydrogen) atoms. The number of hydrogen-bond donors (Lipinski definition) is 1. The van der Waals surface area contributed by atoms with Gasteiger partial charge < -0.3 is 19.5 Å². The highest BCUT2D eigenvalue weighted by molar-refractivity contribution is 5.75. The minimum absolute atomic E-state index is 0.0288. The predicted octanol–water partition coefficient (Wildman–Crippen LogP) is 4.95. The van der Waals surface area contributed by atoms with E-state index < -0.39 is 0 Å². The van der Waals surface area contributed by atoms with E-state index in [0.29, 0.717) is 38.6 Å². The van der Waals surface area contributed by atoms with Crippen LogP contribution < -0.4 is 14.8 Å². The molecule has 2 aromatic rings. The third-order valence-electron chi connectivity index (χ3n) is 6.45. The molecule has 6 nitrogen and oxygen atoms in total. The van der Waals surface area contributed by atoms with Crippen LogP contribution in [0.25, 0.3) is 0 Å². The molecule has 1 aliphatic rings. The zero-order valence-corrected chi connectivity index (χ0v) is 21.8. The molecule has 1 N–H and O–H groups in total. The van der Waals surface area contributed by atoms with Crippen molar-refractivity contribution in [1.82, 2.24) is 10.2 Å². The topological polar surface area (TPSA) is 60.0 Å². The van der Waals surface area contributed by atoms with Crippen LogP contribution in [-0.2, 0) is 21.5 Å². The van der Waals surface area contributed by atoms with Gasteiger partial charge in [0.05, 0.1) is 6.61 Å². The summed E-state index contributed by atoms with van der Waals surface area (Å²) in [5.41, 5.74) is 2.44. The van der Waals surface area contributed by atoms with Gasteiger partial charge in [0.25, 0.3) is 0 Å². The lowest BCUT2D eigenvalue weighted by Gasteiger charge is -2.31. The Kier molecular flexibility index (Phi) is 10.4. The number of rotatable bonds is 12. The first-order valence-electron chi connectivity index (χ1n) is 12.8. The van der Waals surface area contributed by atoms with E-state index in [2.05, 4.69) is 50.2 Å². The van der Waals surface area contributed by atoms with E-state index in [1.54, 1.807) is 0 Å². The lowest BCUT2D eigenvalue weighted by atomic mass is 9.87. The molecular weight excluding hydrogens is 440 g/mol. The molecule has 192 valence electrons. The van der Waals surface area contributed by atoms with Crippen LogP contribution in [-0.4, -0.2) is 56.9 Å². The van der Waals surface area contributed by atoms with Gasteiger partial charge in [0.1, 0.15) is 18.1 Å². The number of ether oxygens (including phenoxy) is 3. The Balaban J connectivity index is 1.30. The van der Waals surface area contributed by atoms with E-state index in [-0.39, 0.29) is 11.3 Å². The lowest BCUT2D eigenvalue weighted by Crippen LogP contribution is -2.38. The second-order valence-corrected chi connectivity index (χ2v) is 10.3. The average Bonchev–Trinajstić information content (AvgIpc) is 2.86. The van der Waals surface area contributed by atoms with Crippen LogP contribution >= 0.6 is 0 Å². The summed E-state index contributed by atoms with van der Waals surface area (Å²) in [6.45, 7) is 10.8. The second kappa shape index (κ2) is 13.5. The van der Waals surface area contributed by atoms with Gasteiger partial charge >= 0.3 is 0 Å². The van der Waals surface area contributed by atoms with Crippen LogP contribution in [0.5, 0.6) is 11.5 Å². The molecule has 3 rings (SSSR count). The van der Waals surface area contributed by atoms with Crippen molar-refractivity contribution in [2.45, 2.75) is 64.5 Å². The third kappa shape index (κ3) is 9.54. The zero-order chi connectivity index (χ0) is 25.1. The van der Waals surface area contributed by atoms with Crippen molar-refractivity contribution in [1.29, 1.82) is 0 Å². The van der Waals surface area contributed by atoms with Gasteiger partial charge in [0.2, 0.25) is 5.91 Å². The molecule has 0 radical (unpaired) electrons. The first kappa shape index (κ1) is 27.0. The molecule has 1 amide bonds. The van der Waals surface area contributed by atoms with Crippen molar-refractivity contribution in [2.75, 3.05) is 40.0 Å². The van der Waals surface area contributed by atoms with E-state index in [1.165, 1.54) is 5.56 Å². The molecule has 0 unspecified atom stereocenters. The highest BCUT2D eigenvalue weighted by atomic mass is 16.5. The van der Waals surface area contributed by atoms with Crippen molar-refractivity contribution in [2.24, 2.45) is 0 Å². The average molecular weight is 483 g/mol. The summed E-state index contributed by atoms with van der Waals surface area (Å²) < 4.78 is 17.2. The summed E-state index contributed by atoms with van der Waals surface area (Å²) in [7, 11) is 2.15. The number of carbonyl (C=O) groups is 1. The third-order valence-corrected chi connectivity index (χ3v) is 6.45. The van der Waals surface area contributed by atoms with Crippen molar-refractivity contribution in [3.63, 3.8) is 0 Å². The quantitative estimate of drug-likeness (QED) is 0.434. The molecule has 0 aliphatic carbocycles. The van der Waals surface area contributed by atoms with E-state index >= 15 is 0 Å². The van der Waals surface area contributed by atoms with Gasteiger partial charge in [0.15, 0.2) is 0 Å². The van der Waals surface area contributed by atoms with Crippen LogP contribution in [0.4, 0.5) is 0 Å². The fourth-order valence-electron chi connectivity index (χ4n) is 4.12. The minimum atomic E-state index is 0.0288. The van der Waals surface area contributed by atoms with Crippen LogP contribution in [0.2, 0.25) is 0 Å². The maximum Gasteiger partial charge on any atom is 0.220 e. The van der Waals surface area contributed by atoms with Gasteiger partial charge in [-0.15, -0.1) is 0 Å². The summed E-state index contributed by atoms with van der Waals surface area (Å²) >= 11 is 0. The minimum Gasteiger partial charge on any atom is -0.494 e. The number of amides is 1. The second-order valence-electron chi connectivity index (χ2n) is 10.3. The van der Waals surface area contributed by atoms with Gasteiger partial charge in [-0.25, -0.2) is 0 Å². The maximum atomic E-state index is 12.3. The Bertz CT molecular complexity index is 902. The number of carbonyl (C=O) groups excluding carboxylic acids is 1. The Morgan fingerprint density at radius 1 is 1.03 bits per heavy atom. The molecule has 1 fully saturated rings. The largest absolute Gasteiger partial charge is 0.494 e. The van der Waals surface area contributed by atoms with Gasteiger partial charge in [-0.2, -0.15) is 0 Å². The number of hydrogen-bond acceptors (Lipinski definition) is 5. The first-order chi connectivity index (χ1) is 16.8. The van der Waals surface area contributed by atoms with Crippen LogP contribution in [0.1, 0.15) is 57.6 Å². The lowest BCUT2D eigenvalue weighted by molar-refractivity contribution is -0.121. The SMILES string of the molecule is CN(CCOc1cccc(CNC(=O)CCCOc2ccc(C(C)(C)C)cc2)c1)C1CCOCC1. The first-order valence-corrected chi connectivity index (χ1v) is 12.8. The van der Waals surface area contributed by atoms with Crippen molar-refractivity contribution in [3.05, 3.63) is 59.7 Å². The monoisotopic (exact) mass is 482 g/mol. The molecule has 6 heteroatoms. The van der Waals surface area contributed by atoms with Gasteiger partial charge in [-0.05, 0) is 67.1 Å². The highest BCUT2D eigenvalue weighted by Crippen LogP contribution is 2.24. The Morgan fingerprint density at radius 3 is 2.46 bits per heavy atom. The van der Waals surface area contributed by atoms with Gasteiger partial charge in [0, 0.05) is 38.8 Å². The summed E-state index contributed by atoms with van der Waals surface area (Å²) in [4.78, 5) is 14.6. The van der Waals surface area contributed by atoms with E-state index in [0.717, 1.165) is 49.7 Å². The molecule has 0 saturated carbocycles. The number of benzene rings is 2. The number of likely N-dealkylation sites (N-methyl/N-ethyl adjacent to an activating group) is 1. The Morgan fingerprint density at radius 2 is 1.74 bits per heavy atom. The Hall–Kier alpha value is -2.57. The molecule has 1 aliphatic heterocycles. The zero-order valence-electron chi connectivity index (χ0n) is 21.8. The molecule has 0 bridgehead atoms. The molecule has 2 aromatic carbocycles. The number of nitrogens with zero attached hydrogens (tertiary/aromatic N) is 1. The molecule has 0 spiro atoms. The van der Waals surface area contributed by atoms with Crippen molar-refractivity contribution < 1.29 is 19.0 Å². The van der Waals surface area contributed by atoms with Crippen LogP contribution in [0, 0.1) is 0 Å². The Labute approximate surface area is 210 Å². The molecular formula is C29H42N2O4. The molecule has 0 atom stereocenters. The summed E-state index contributed by atoms with van der Waals surface area (Å²) in [6, 6.07) is 16.7. The standard InChI is InChI=1S/C29H42N2O4/c1-29(2,3)24-10-12-26(13-11-24)34-17-6-9-28(32)30-22-23-7-5-8-27(21-23)35-20-16-31(4)25-14-18-33-19-15-25/h5,7-8,10-13,21,25H,6,9,14-20,22H2,1-4H3,(H,30,32). The fraction of sp³-hybridized carbons (Fsp3) is 0.552. The van der Waals surface area contributed by atoms with Crippen LogP contribution in [0.3, 0.4) is 0 Å². The summed E-state index contributed by atoms with van der Waals surface area (Å²) in [5.74, 6) is 1.71. The van der Waals surface area contributed by atoms with E-state index in [1.807, 2.05) is 36.4 Å². The molecule has 1 saturated heterocycles. The van der Waals surface area contributed by atoms with E-state index in [9.17, 15) is 4.79 Å². The molecule has 0 aromatic heterocycles. The summed E-state index contributed by atoms with van der Waals surface area (Å²) in [6.07, 6.45) is 3.29. The van der Waals surface area contributed by atoms with Gasteiger partial charge in [-0.3, -0.25) is 9.69 Å². The van der Waals surface area contributed by atoms with Gasteiger partial charge in [-0.1, -0.05) is 45.0 Å².